The van der Waals surface area contributed by atoms with E-state index in [-0.39, 0.29) is 17.3 Å². The molecule has 0 unspecified atom stereocenters. The summed E-state index contributed by atoms with van der Waals surface area (Å²) in [6.07, 6.45) is 9.14. The predicted molar refractivity (Wildman–Crippen MR) is 132 cm³/mol. The first-order valence-electron chi connectivity index (χ1n) is 12.5. The number of rotatable bonds is 10. The molecule has 0 radical (unpaired) electrons. The van der Waals surface area contributed by atoms with Gasteiger partial charge in [-0.25, -0.2) is 14.5 Å². The van der Waals surface area contributed by atoms with Crippen molar-refractivity contribution in [2.24, 2.45) is 5.92 Å². The fourth-order valence-corrected chi connectivity index (χ4v) is 4.78. The second-order valence-electron chi connectivity index (χ2n) is 9.22. The summed E-state index contributed by atoms with van der Waals surface area (Å²) in [5, 5.41) is 14.5. The molecule has 3 aromatic rings. The average molecular weight is 460 g/mol. The van der Waals surface area contributed by atoms with Crippen LogP contribution in [-0.2, 0) is 13.0 Å². The van der Waals surface area contributed by atoms with E-state index >= 15 is 0 Å². The molecule has 1 heterocycles. The van der Waals surface area contributed by atoms with Gasteiger partial charge in [0.1, 0.15) is 5.82 Å². The smallest absolute Gasteiger partial charge is 0.336 e. The molecule has 2 aromatic carbocycles. The van der Waals surface area contributed by atoms with Gasteiger partial charge in [0, 0.05) is 12.3 Å². The molecule has 1 saturated carbocycles. The Morgan fingerprint density at radius 2 is 1.79 bits per heavy atom. The molecule has 1 aliphatic rings. The second-order valence-corrected chi connectivity index (χ2v) is 9.22. The molecule has 1 aromatic heterocycles. The normalized spacial score (nSPS) is 14.3. The van der Waals surface area contributed by atoms with Crippen molar-refractivity contribution in [2.45, 2.75) is 71.3 Å². The Morgan fingerprint density at radius 1 is 1.03 bits per heavy atom. The van der Waals surface area contributed by atoms with Crippen molar-refractivity contribution in [3.8, 4) is 11.1 Å². The van der Waals surface area contributed by atoms with Gasteiger partial charge in [-0.2, -0.15) is 0 Å². The van der Waals surface area contributed by atoms with Crippen LogP contribution in [0.3, 0.4) is 0 Å². The largest absolute Gasteiger partial charge is 0.478 e. The van der Waals surface area contributed by atoms with Crippen molar-refractivity contribution in [1.82, 2.24) is 14.8 Å². The van der Waals surface area contributed by atoms with Gasteiger partial charge in [0.15, 0.2) is 0 Å². The van der Waals surface area contributed by atoms with Gasteiger partial charge in [-0.15, -0.1) is 5.10 Å². The van der Waals surface area contributed by atoms with Crippen molar-refractivity contribution in [2.75, 3.05) is 0 Å². The van der Waals surface area contributed by atoms with Crippen molar-refractivity contribution in [3.63, 3.8) is 0 Å². The Bertz CT molecular complexity index is 1130. The van der Waals surface area contributed by atoms with E-state index < -0.39 is 5.97 Å². The number of nitrogens with zero attached hydrogens (tertiary/aromatic N) is 3. The minimum Gasteiger partial charge on any atom is -0.478 e. The molecule has 34 heavy (non-hydrogen) atoms. The number of aryl methyl sites for hydroxylation is 1. The molecule has 1 N–H and O–H groups in total. The van der Waals surface area contributed by atoms with Crippen LogP contribution in [0.15, 0.2) is 48.5 Å². The Labute approximate surface area is 201 Å². The Kier molecular flexibility index (Phi) is 7.88. The van der Waals surface area contributed by atoms with Gasteiger partial charge in [-0.3, -0.25) is 4.79 Å². The molecule has 0 spiro atoms. The fourth-order valence-electron chi connectivity index (χ4n) is 4.78. The summed E-state index contributed by atoms with van der Waals surface area (Å²) in [5.41, 5.74) is 2.64. The van der Waals surface area contributed by atoms with Crippen molar-refractivity contribution >= 4 is 11.8 Å². The second kappa shape index (κ2) is 11.2. The molecule has 0 amide bonds. The maximum Gasteiger partial charge on any atom is 0.336 e. The third kappa shape index (κ3) is 5.61. The lowest BCUT2D eigenvalue weighted by Crippen LogP contribution is -2.19. The van der Waals surface area contributed by atoms with Gasteiger partial charge in [0.2, 0.25) is 11.6 Å². The molecule has 4 rings (SSSR count). The first-order valence-corrected chi connectivity index (χ1v) is 12.5. The number of carboxylic acids is 1. The Hall–Kier alpha value is -3.28. The third-order valence-corrected chi connectivity index (χ3v) is 6.68. The van der Waals surface area contributed by atoms with Gasteiger partial charge in [-0.1, -0.05) is 81.5 Å². The first-order chi connectivity index (χ1) is 16.6. The number of hydrogen-bond donors (Lipinski definition) is 1. The van der Waals surface area contributed by atoms with E-state index in [1.807, 2.05) is 42.5 Å². The van der Waals surface area contributed by atoms with Gasteiger partial charge in [-0.05, 0) is 42.0 Å². The lowest BCUT2D eigenvalue weighted by Gasteiger charge is -2.18. The van der Waals surface area contributed by atoms with Crippen LogP contribution in [0.25, 0.3) is 11.1 Å². The maximum absolute atomic E-state index is 13.1. The maximum atomic E-state index is 13.1. The summed E-state index contributed by atoms with van der Waals surface area (Å²) in [4.78, 5) is 29.8. The van der Waals surface area contributed by atoms with Gasteiger partial charge >= 0.3 is 5.97 Å². The van der Waals surface area contributed by atoms with Gasteiger partial charge < -0.3 is 5.11 Å². The highest BCUT2D eigenvalue weighted by Crippen LogP contribution is 2.27. The van der Waals surface area contributed by atoms with E-state index in [1.165, 1.54) is 6.42 Å². The summed E-state index contributed by atoms with van der Waals surface area (Å²) < 4.78 is 1.80. The van der Waals surface area contributed by atoms with Crippen LogP contribution in [-0.4, -0.2) is 31.6 Å². The molecule has 0 saturated heterocycles. The zero-order chi connectivity index (χ0) is 23.9. The lowest BCUT2D eigenvalue weighted by atomic mass is 9.86. The molecule has 178 valence electrons. The number of carbonyl (C=O) groups is 2. The number of carbonyl (C=O) groups excluding carboxylic acids is 1. The van der Waals surface area contributed by atoms with Crippen LogP contribution < -0.4 is 0 Å². The molecular formula is C28H33N3O3. The zero-order valence-corrected chi connectivity index (χ0v) is 19.9. The SMILES string of the molecule is CCCCCc1nc(C(=O)C2CCCCC2)nn1Cc1ccc(-c2ccccc2)c(C(=O)O)c1. The van der Waals surface area contributed by atoms with Crippen molar-refractivity contribution in [1.29, 1.82) is 0 Å². The van der Waals surface area contributed by atoms with Crippen LogP contribution in [0.5, 0.6) is 0 Å². The summed E-state index contributed by atoms with van der Waals surface area (Å²) in [6, 6.07) is 15.0. The molecule has 0 bridgehead atoms. The van der Waals surface area contributed by atoms with E-state index in [1.54, 1.807) is 10.7 Å². The van der Waals surface area contributed by atoms with Crippen LogP contribution in [0.2, 0.25) is 0 Å². The predicted octanol–water partition coefficient (Wildman–Crippen LogP) is 6.19. The van der Waals surface area contributed by atoms with Crippen LogP contribution in [0, 0.1) is 5.92 Å². The van der Waals surface area contributed by atoms with E-state index in [0.717, 1.165) is 68.3 Å². The highest BCUT2D eigenvalue weighted by molar-refractivity contribution is 5.96. The Morgan fingerprint density at radius 3 is 2.50 bits per heavy atom. The van der Waals surface area contributed by atoms with Crippen LogP contribution in [0.1, 0.15) is 90.7 Å². The molecular weight excluding hydrogens is 426 g/mol. The summed E-state index contributed by atoms with van der Waals surface area (Å²) in [6.45, 7) is 2.55. The van der Waals surface area contributed by atoms with Gasteiger partial charge in [0.05, 0.1) is 12.1 Å². The highest BCUT2D eigenvalue weighted by Gasteiger charge is 2.26. The number of aromatic nitrogens is 3. The minimum atomic E-state index is -0.962. The average Bonchev–Trinajstić information content (AvgIpc) is 3.27. The summed E-state index contributed by atoms with van der Waals surface area (Å²) in [5.74, 6) is 0.239. The number of ketones is 1. The van der Waals surface area contributed by atoms with E-state index in [2.05, 4.69) is 17.0 Å². The minimum absolute atomic E-state index is 0.0249. The number of unbranched alkanes of at least 4 members (excludes halogenated alkanes) is 2. The number of Topliss-reactive ketones (excluding diaryl/α,β-unsaturated/α-hetero) is 1. The van der Waals surface area contributed by atoms with E-state index in [9.17, 15) is 14.7 Å². The standard InChI is InChI=1S/C28H33N3O3/c1-2-3-6-15-25-29-27(26(32)22-13-9-5-10-14-22)30-31(25)19-20-16-17-23(24(18-20)28(33)34)21-11-7-4-8-12-21/h4,7-8,11-12,16-18,22H,2-3,5-6,9-10,13-15,19H2,1H3,(H,33,34). The lowest BCUT2D eigenvalue weighted by molar-refractivity contribution is 0.0697. The first kappa shape index (κ1) is 23.9. The van der Waals surface area contributed by atoms with E-state index in [0.29, 0.717) is 17.9 Å². The van der Waals surface area contributed by atoms with Crippen molar-refractivity contribution < 1.29 is 14.7 Å². The molecule has 1 aliphatic carbocycles. The number of benzene rings is 2. The quantitative estimate of drug-likeness (QED) is 0.289. The molecule has 6 nitrogen and oxygen atoms in total. The molecule has 6 heteroatoms. The zero-order valence-electron chi connectivity index (χ0n) is 19.9. The molecule has 0 atom stereocenters. The summed E-state index contributed by atoms with van der Waals surface area (Å²) in [7, 11) is 0. The highest BCUT2D eigenvalue weighted by atomic mass is 16.4. The number of carboxylic acid groups (broad SMARTS) is 1. The topological polar surface area (TPSA) is 85.1 Å². The van der Waals surface area contributed by atoms with Crippen molar-refractivity contribution in [3.05, 3.63) is 71.3 Å². The number of aromatic carboxylic acids is 1. The van der Waals surface area contributed by atoms with Crippen LogP contribution in [0.4, 0.5) is 0 Å². The molecule has 1 fully saturated rings. The molecule has 0 aliphatic heterocycles. The fraction of sp³-hybridized carbons (Fsp3) is 0.429. The Balaban J connectivity index is 1.62. The van der Waals surface area contributed by atoms with Crippen LogP contribution >= 0.6 is 0 Å². The van der Waals surface area contributed by atoms with Gasteiger partial charge in [0.25, 0.3) is 0 Å². The third-order valence-electron chi connectivity index (χ3n) is 6.68. The van der Waals surface area contributed by atoms with E-state index in [4.69, 9.17) is 0 Å². The summed E-state index contributed by atoms with van der Waals surface area (Å²) >= 11 is 0. The monoisotopic (exact) mass is 459 g/mol. The number of hydrogen-bond acceptors (Lipinski definition) is 4.